The molecule has 0 saturated carbocycles. The Hall–Kier alpha value is -2.03. The monoisotopic (exact) mass is 1060 g/mol. The molecule has 9 nitrogen and oxygen atoms in total. The first-order chi connectivity index (χ1) is 35.9. The average Bonchev–Trinajstić information content (AvgIpc) is 3.36. The van der Waals surface area contributed by atoms with Gasteiger partial charge in [-0.1, -0.05) is 243 Å². The van der Waals surface area contributed by atoms with Crippen LogP contribution >= 0.6 is 7.82 Å². The summed E-state index contributed by atoms with van der Waals surface area (Å²) >= 11 is 0. The van der Waals surface area contributed by atoms with Gasteiger partial charge in [0.2, 0.25) is 5.91 Å². The Morgan fingerprint density at radius 1 is 0.473 bits per heavy atom. The van der Waals surface area contributed by atoms with Gasteiger partial charge < -0.3 is 19.4 Å². The Bertz CT molecular complexity index is 1410. The Morgan fingerprint density at radius 3 is 1.26 bits per heavy atom. The van der Waals surface area contributed by atoms with Gasteiger partial charge in [-0.15, -0.1) is 0 Å². The van der Waals surface area contributed by atoms with Crippen LogP contribution in [-0.2, 0) is 27.9 Å². The highest BCUT2D eigenvalue weighted by Crippen LogP contribution is 2.43. The molecule has 3 unspecified atom stereocenters. The maximum absolute atomic E-state index is 13.5. The van der Waals surface area contributed by atoms with Gasteiger partial charge in [-0.3, -0.25) is 18.6 Å². The molecule has 2 N–H and O–H groups in total. The Morgan fingerprint density at radius 2 is 0.824 bits per heavy atom. The number of nitrogens with one attached hydrogen (secondary N) is 1. The molecule has 0 aliphatic rings. The zero-order valence-electron chi connectivity index (χ0n) is 49.6. The number of carbonyl (C=O) groups excluding carboxylic acids is 2. The van der Waals surface area contributed by atoms with Crippen LogP contribution in [0.5, 0.6) is 0 Å². The molecule has 0 radical (unpaired) electrons. The van der Waals surface area contributed by atoms with Crippen LogP contribution in [0.15, 0.2) is 48.6 Å². The van der Waals surface area contributed by atoms with Crippen LogP contribution < -0.4 is 5.32 Å². The van der Waals surface area contributed by atoms with Gasteiger partial charge >= 0.3 is 13.8 Å². The third-order valence-electron chi connectivity index (χ3n) is 14.0. The van der Waals surface area contributed by atoms with E-state index in [-0.39, 0.29) is 31.5 Å². The van der Waals surface area contributed by atoms with Gasteiger partial charge in [-0.2, -0.15) is 0 Å². The number of hydrogen-bond acceptors (Lipinski definition) is 6. The molecule has 74 heavy (non-hydrogen) atoms. The van der Waals surface area contributed by atoms with E-state index in [1.807, 2.05) is 33.3 Å². The molecule has 0 aromatic carbocycles. The first-order valence-electron chi connectivity index (χ1n) is 31.5. The fourth-order valence-corrected chi connectivity index (χ4v) is 9.82. The minimum atomic E-state index is -4.45. The zero-order valence-corrected chi connectivity index (χ0v) is 50.5. The van der Waals surface area contributed by atoms with Gasteiger partial charge in [0.15, 0.2) is 0 Å². The molecule has 0 heterocycles. The normalized spacial score (nSPS) is 14.0. The zero-order chi connectivity index (χ0) is 54.3. The summed E-state index contributed by atoms with van der Waals surface area (Å²) in [5.41, 5.74) is 0. The summed E-state index contributed by atoms with van der Waals surface area (Å²) in [6.45, 7) is 7.00. The SMILES string of the molecule is CCCCC/C=C\C/C=C\CCCCCCCCCC(=O)OC(/C=C/CCCCCCCCCCCC)C(COP(=O)(O)OCC[N+](C)(C)C)NC(=O)CCCCCCCCCCC/C=C/CCCCCCCC. The third-order valence-corrected chi connectivity index (χ3v) is 15.0. The van der Waals surface area contributed by atoms with E-state index < -0.39 is 20.0 Å². The molecule has 1 amide bonds. The van der Waals surface area contributed by atoms with Crippen LogP contribution in [0.3, 0.4) is 0 Å². The molecule has 3 atom stereocenters. The van der Waals surface area contributed by atoms with Crippen LogP contribution in [0.1, 0.15) is 297 Å². The fourth-order valence-electron chi connectivity index (χ4n) is 9.08. The third kappa shape index (κ3) is 54.7. The van der Waals surface area contributed by atoms with Crippen LogP contribution in [0.4, 0.5) is 0 Å². The second kappa shape index (κ2) is 54.3. The number of rotatable bonds is 57. The number of allylic oxidation sites excluding steroid dienone is 7. The molecule has 0 fully saturated rings. The van der Waals surface area contributed by atoms with Gasteiger partial charge in [0.1, 0.15) is 19.3 Å². The molecule has 0 aliphatic carbocycles. The lowest BCUT2D eigenvalue weighted by Gasteiger charge is -2.27. The highest BCUT2D eigenvalue weighted by molar-refractivity contribution is 7.47. The lowest BCUT2D eigenvalue weighted by atomic mass is 10.0. The number of phosphoric acid groups is 1. The van der Waals surface area contributed by atoms with E-state index in [2.05, 4.69) is 62.5 Å². The summed E-state index contributed by atoms with van der Waals surface area (Å²) in [6, 6.07) is -0.851. The number of nitrogens with zero attached hydrogens (tertiary/aromatic N) is 1. The lowest BCUT2D eigenvalue weighted by Crippen LogP contribution is -2.47. The van der Waals surface area contributed by atoms with E-state index in [9.17, 15) is 19.0 Å². The number of phosphoric ester groups is 1. The fraction of sp³-hybridized carbons (Fsp3) is 0.844. The van der Waals surface area contributed by atoms with E-state index in [0.717, 1.165) is 77.0 Å². The topological polar surface area (TPSA) is 111 Å². The molecule has 0 bridgehead atoms. The Kier molecular flexibility index (Phi) is 52.8. The predicted octanol–water partition coefficient (Wildman–Crippen LogP) is 19.3. The molecule has 0 aromatic rings. The molecule has 0 rings (SSSR count). The van der Waals surface area contributed by atoms with Gasteiger partial charge in [0, 0.05) is 12.8 Å². The van der Waals surface area contributed by atoms with Crippen molar-refractivity contribution in [3.05, 3.63) is 48.6 Å². The standard InChI is InChI=1S/C64H121N2O7P/c1-7-10-13-16-19-22-25-28-30-32-33-35-36-38-41-44-47-50-53-56-63(67)65-61(60-72-74(69,70)71-59-58-66(4,5)6)62(55-52-49-46-43-40-27-24-21-18-15-12-9-3)73-64(68)57-54-51-48-45-42-39-37-34-31-29-26-23-20-17-14-11-8-2/h20,23,28-31,52,55,61-62H,7-19,21-22,24-27,32-51,53-54,56-60H2,1-6H3,(H-,65,67,69,70)/p+1/b23-20-,30-28+,31-29-,55-52+. The largest absolute Gasteiger partial charge is 0.472 e. The second-order valence-electron chi connectivity index (χ2n) is 22.6. The van der Waals surface area contributed by atoms with Crippen molar-refractivity contribution in [1.82, 2.24) is 5.32 Å². The summed E-state index contributed by atoms with van der Waals surface area (Å²) < 4.78 is 30.7. The number of hydrogen-bond donors (Lipinski definition) is 2. The van der Waals surface area contributed by atoms with Crippen molar-refractivity contribution >= 4 is 19.7 Å². The van der Waals surface area contributed by atoms with Gasteiger partial charge in [0.25, 0.3) is 0 Å². The van der Waals surface area contributed by atoms with Crippen molar-refractivity contribution in [3.63, 3.8) is 0 Å². The molecule has 434 valence electrons. The predicted molar refractivity (Wildman–Crippen MR) is 319 cm³/mol. The number of amides is 1. The summed E-state index contributed by atoms with van der Waals surface area (Å²) in [4.78, 5) is 37.7. The molecule has 0 spiro atoms. The number of unbranched alkanes of at least 4 members (excludes halogenated alkanes) is 35. The van der Waals surface area contributed by atoms with E-state index in [0.29, 0.717) is 17.4 Å². The van der Waals surface area contributed by atoms with Crippen molar-refractivity contribution < 1.29 is 37.3 Å². The molecule has 0 aliphatic heterocycles. The highest BCUT2D eigenvalue weighted by Gasteiger charge is 2.30. The number of carbonyl (C=O) groups is 2. The molecular weight excluding hydrogens is 940 g/mol. The van der Waals surface area contributed by atoms with Crippen molar-refractivity contribution in [2.75, 3.05) is 40.9 Å². The Balaban J connectivity index is 5.25. The van der Waals surface area contributed by atoms with Crippen LogP contribution in [0.2, 0.25) is 0 Å². The van der Waals surface area contributed by atoms with Gasteiger partial charge in [-0.05, 0) is 89.5 Å². The van der Waals surface area contributed by atoms with Gasteiger partial charge in [-0.25, -0.2) is 4.57 Å². The second-order valence-corrected chi connectivity index (χ2v) is 24.0. The first kappa shape index (κ1) is 72.0. The van der Waals surface area contributed by atoms with E-state index in [1.54, 1.807) is 0 Å². The Labute approximate surface area is 458 Å². The van der Waals surface area contributed by atoms with Crippen LogP contribution in [-0.4, -0.2) is 74.3 Å². The first-order valence-corrected chi connectivity index (χ1v) is 33.0. The molecule has 0 aromatic heterocycles. The van der Waals surface area contributed by atoms with Crippen molar-refractivity contribution in [3.8, 4) is 0 Å². The number of likely N-dealkylation sites (N-methyl/N-ethyl adjacent to an activating group) is 1. The maximum Gasteiger partial charge on any atom is 0.472 e. The molecular formula is C64H122N2O7P+. The quantitative estimate of drug-likeness (QED) is 0.0205. The molecule has 10 heteroatoms. The summed E-state index contributed by atoms with van der Waals surface area (Å²) in [5, 5.41) is 3.06. The average molecular weight is 1060 g/mol. The van der Waals surface area contributed by atoms with Crippen molar-refractivity contribution in [1.29, 1.82) is 0 Å². The van der Waals surface area contributed by atoms with Crippen LogP contribution in [0.25, 0.3) is 0 Å². The smallest absolute Gasteiger partial charge is 0.456 e. The van der Waals surface area contributed by atoms with Crippen molar-refractivity contribution in [2.45, 2.75) is 309 Å². The lowest BCUT2D eigenvalue weighted by molar-refractivity contribution is -0.870. The van der Waals surface area contributed by atoms with E-state index in [1.165, 1.54) is 186 Å². The number of esters is 1. The van der Waals surface area contributed by atoms with Crippen molar-refractivity contribution in [2.24, 2.45) is 0 Å². The van der Waals surface area contributed by atoms with Gasteiger partial charge in [0.05, 0.1) is 33.8 Å². The van der Waals surface area contributed by atoms with E-state index in [4.69, 9.17) is 13.8 Å². The summed E-state index contributed by atoms with van der Waals surface area (Å²) in [7, 11) is 1.50. The molecule has 0 saturated heterocycles. The minimum Gasteiger partial charge on any atom is -0.456 e. The maximum atomic E-state index is 13.5. The van der Waals surface area contributed by atoms with E-state index >= 15 is 0 Å². The summed E-state index contributed by atoms with van der Waals surface area (Å²) in [6.07, 6.45) is 66.7. The number of ether oxygens (including phenoxy) is 1. The van der Waals surface area contributed by atoms with Crippen LogP contribution in [0, 0.1) is 0 Å². The minimum absolute atomic E-state index is 0.0389. The highest BCUT2D eigenvalue weighted by atomic mass is 31.2. The number of quaternary nitrogens is 1. The summed E-state index contributed by atoms with van der Waals surface area (Å²) in [5.74, 6) is -0.508.